The third-order valence-corrected chi connectivity index (χ3v) is 7.25. The van der Waals surface area contributed by atoms with E-state index in [0.29, 0.717) is 0 Å². The second kappa shape index (κ2) is 15.2. The van der Waals surface area contributed by atoms with Gasteiger partial charge in [0.05, 0.1) is 0 Å². The molecule has 0 saturated heterocycles. The number of allylic oxidation sites excluding steroid dienone is 28. The van der Waals surface area contributed by atoms with Gasteiger partial charge in [-0.3, -0.25) is 0 Å². The third kappa shape index (κ3) is 10.9. The Morgan fingerprint density at radius 2 is 0.825 bits per heavy atom. The predicted octanol–water partition coefficient (Wildman–Crippen LogP) is 11.9. The van der Waals surface area contributed by atoms with Crippen LogP contribution in [0.25, 0.3) is 0 Å². The summed E-state index contributed by atoms with van der Waals surface area (Å²) >= 11 is 0. The van der Waals surface area contributed by atoms with E-state index >= 15 is 0 Å². The van der Waals surface area contributed by atoms with Gasteiger partial charge in [0.1, 0.15) is 0 Å². The fourth-order valence-electron chi connectivity index (χ4n) is 4.70. The minimum absolute atomic E-state index is 0.0766. The van der Waals surface area contributed by atoms with Gasteiger partial charge >= 0.3 is 0 Å². The number of hydrogen-bond donors (Lipinski definition) is 0. The maximum absolute atomic E-state index is 2.26. The molecule has 0 aromatic rings. The molecule has 0 nitrogen and oxygen atoms in total. The largest absolute Gasteiger partial charge is 0.0745 e. The molecule has 0 fully saturated rings. The molecule has 0 saturated carbocycles. The van der Waals surface area contributed by atoms with E-state index in [1.54, 1.807) is 0 Å². The van der Waals surface area contributed by atoms with Gasteiger partial charge in [0, 0.05) is 10.8 Å². The maximum Gasteiger partial charge on any atom is 0.00810 e. The second-order valence-electron chi connectivity index (χ2n) is 12.1. The lowest BCUT2D eigenvalue weighted by molar-refractivity contribution is 0.582. The van der Waals surface area contributed by atoms with Crippen molar-refractivity contribution in [2.24, 2.45) is 10.8 Å². The van der Waals surface area contributed by atoms with Crippen LogP contribution in [0.1, 0.15) is 69.2 Å². The highest BCUT2D eigenvalue weighted by Crippen LogP contribution is 2.37. The fourth-order valence-corrected chi connectivity index (χ4v) is 4.70. The first-order valence-electron chi connectivity index (χ1n) is 14.4. The molecule has 2 rings (SSSR count). The van der Waals surface area contributed by atoms with E-state index in [0.717, 1.165) is 0 Å². The zero-order chi connectivity index (χ0) is 29.8. The standard InChI is InChI=1S/C40H50/c1-31(19-13-21-33(3)25-27-37-35(5)23-15-29-39(37,7)8)17-11-12-18-32(2)20-14-22-34(4)26-28-38-36(6)24-16-30-40(38,9)10/h11-30H,1-10H3. The maximum atomic E-state index is 2.26. The fraction of sp³-hybridized carbons (Fsp3) is 0.300. The molecule has 0 aromatic heterocycles. The summed E-state index contributed by atoms with van der Waals surface area (Å²) in [6, 6.07) is 0. The number of rotatable bonds is 9. The van der Waals surface area contributed by atoms with Gasteiger partial charge in [0.25, 0.3) is 0 Å². The van der Waals surface area contributed by atoms with Crippen molar-refractivity contribution < 1.29 is 0 Å². The van der Waals surface area contributed by atoms with E-state index in [2.05, 4.69) is 191 Å². The topological polar surface area (TPSA) is 0 Å². The van der Waals surface area contributed by atoms with E-state index in [9.17, 15) is 0 Å². The molecule has 210 valence electrons. The van der Waals surface area contributed by atoms with Crippen molar-refractivity contribution in [3.05, 3.63) is 166 Å². The molecule has 0 bridgehead atoms. The molecule has 40 heavy (non-hydrogen) atoms. The van der Waals surface area contributed by atoms with Gasteiger partial charge in [-0.1, -0.05) is 172 Å². The van der Waals surface area contributed by atoms with Gasteiger partial charge in [0.2, 0.25) is 0 Å². The normalized spacial score (nSPS) is 22.6. The molecule has 0 N–H and O–H groups in total. The minimum Gasteiger partial charge on any atom is -0.0745 e. The van der Waals surface area contributed by atoms with Gasteiger partial charge in [0.15, 0.2) is 0 Å². The molecule has 0 heterocycles. The van der Waals surface area contributed by atoms with Crippen molar-refractivity contribution in [2.75, 3.05) is 0 Å². The zero-order valence-electron chi connectivity index (χ0n) is 26.5. The molecule has 0 aromatic carbocycles. The molecule has 2 aliphatic carbocycles. The summed E-state index contributed by atoms with van der Waals surface area (Å²) in [5.74, 6) is 0. The first kappa shape index (κ1) is 32.6. The molecule has 0 atom stereocenters. The monoisotopic (exact) mass is 530 g/mol. The van der Waals surface area contributed by atoms with Crippen LogP contribution < -0.4 is 0 Å². The smallest absolute Gasteiger partial charge is 0.00810 e. The molecule has 0 aliphatic heterocycles. The molecular weight excluding hydrogens is 480 g/mol. The van der Waals surface area contributed by atoms with Crippen LogP contribution in [0.4, 0.5) is 0 Å². The summed E-state index contributed by atoms with van der Waals surface area (Å²) in [7, 11) is 0. The average Bonchev–Trinajstić information content (AvgIpc) is 2.85. The quantitative estimate of drug-likeness (QED) is 0.260. The molecule has 0 unspecified atom stereocenters. The van der Waals surface area contributed by atoms with Crippen LogP contribution in [0.2, 0.25) is 0 Å². The molecule has 0 heteroatoms. The van der Waals surface area contributed by atoms with Crippen LogP contribution in [0.3, 0.4) is 0 Å². The molecule has 0 amide bonds. The number of hydrogen-bond acceptors (Lipinski definition) is 0. The Labute approximate surface area is 245 Å². The SMILES string of the molecule is CC(C=CC=CC(C)=CC=CC(C)=CC=C1C(C)=CC=CC1(C)C)=CC=CC(C)=CC=C1C(C)=CC=CC1(C)C. The lowest BCUT2D eigenvalue weighted by Gasteiger charge is -2.27. The van der Waals surface area contributed by atoms with E-state index in [4.69, 9.17) is 0 Å². The molecule has 0 radical (unpaired) electrons. The summed E-state index contributed by atoms with van der Waals surface area (Å²) in [5.41, 5.74) is 10.5. The lowest BCUT2D eigenvalue weighted by Crippen LogP contribution is -2.14. The Bertz CT molecular complexity index is 1240. The zero-order valence-corrected chi connectivity index (χ0v) is 26.5. The van der Waals surface area contributed by atoms with E-state index in [1.807, 2.05) is 0 Å². The van der Waals surface area contributed by atoms with Crippen molar-refractivity contribution in [1.29, 1.82) is 0 Å². The Morgan fingerprint density at radius 3 is 1.18 bits per heavy atom. The summed E-state index contributed by atoms with van der Waals surface area (Å²) in [6.45, 7) is 22.0. The van der Waals surface area contributed by atoms with Crippen LogP contribution in [0.5, 0.6) is 0 Å². The second-order valence-corrected chi connectivity index (χ2v) is 12.1. The average molecular weight is 531 g/mol. The molecular formula is C40H50. The van der Waals surface area contributed by atoms with Crippen molar-refractivity contribution in [3.8, 4) is 0 Å². The minimum atomic E-state index is 0.0766. The highest BCUT2D eigenvalue weighted by Gasteiger charge is 2.23. The Hall–Kier alpha value is -3.64. The highest BCUT2D eigenvalue weighted by molar-refractivity contribution is 5.47. The van der Waals surface area contributed by atoms with Gasteiger partial charge in [-0.15, -0.1) is 0 Å². The van der Waals surface area contributed by atoms with Gasteiger partial charge < -0.3 is 0 Å². The van der Waals surface area contributed by atoms with Gasteiger partial charge in [-0.2, -0.15) is 0 Å². The summed E-state index contributed by atoms with van der Waals surface area (Å²) < 4.78 is 0. The van der Waals surface area contributed by atoms with Crippen LogP contribution >= 0.6 is 0 Å². The Balaban J connectivity index is 1.90. The van der Waals surface area contributed by atoms with Crippen LogP contribution in [-0.4, -0.2) is 0 Å². The van der Waals surface area contributed by atoms with Gasteiger partial charge in [-0.25, -0.2) is 0 Å². The molecule has 2 aliphatic rings. The van der Waals surface area contributed by atoms with Crippen LogP contribution in [0.15, 0.2) is 166 Å². The Morgan fingerprint density at radius 1 is 0.500 bits per heavy atom. The first-order chi connectivity index (χ1) is 18.8. The first-order valence-corrected chi connectivity index (χ1v) is 14.4. The highest BCUT2D eigenvalue weighted by atomic mass is 14.3. The van der Waals surface area contributed by atoms with E-state index in [-0.39, 0.29) is 10.8 Å². The predicted molar refractivity (Wildman–Crippen MR) is 181 cm³/mol. The summed E-state index contributed by atoms with van der Waals surface area (Å²) in [5, 5.41) is 0. The van der Waals surface area contributed by atoms with Crippen LogP contribution in [0, 0.1) is 10.8 Å². The van der Waals surface area contributed by atoms with Crippen LogP contribution in [-0.2, 0) is 0 Å². The van der Waals surface area contributed by atoms with Crippen molar-refractivity contribution in [3.63, 3.8) is 0 Å². The lowest BCUT2D eigenvalue weighted by atomic mass is 9.77. The van der Waals surface area contributed by atoms with Crippen molar-refractivity contribution in [1.82, 2.24) is 0 Å². The summed E-state index contributed by atoms with van der Waals surface area (Å²) in [6.07, 6.45) is 43.4. The Kier molecular flexibility index (Phi) is 12.4. The van der Waals surface area contributed by atoms with E-state index < -0.39 is 0 Å². The third-order valence-electron chi connectivity index (χ3n) is 7.25. The van der Waals surface area contributed by atoms with Crippen molar-refractivity contribution >= 4 is 0 Å². The molecule has 0 spiro atoms. The van der Waals surface area contributed by atoms with Gasteiger partial charge in [-0.05, 0) is 63.8 Å². The van der Waals surface area contributed by atoms with Crippen molar-refractivity contribution in [2.45, 2.75) is 69.2 Å². The van der Waals surface area contributed by atoms with E-state index in [1.165, 1.54) is 44.6 Å². The summed E-state index contributed by atoms with van der Waals surface area (Å²) in [4.78, 5) is 0.